The molecule has 1 aliphatic carbocycles. The van der Waals surface area contributed by atoms with Crippen LogP contribution < -0.4 is 0 Å². The third kappa shape index (κ3) is 2.02. The first-order valence-electron chi connectivity index (χ1n) is 5.57. The summed E-state index contributed by atoms with van der Waals surface area (Å²) >= 11 is 0. The minimum atomic E-state index is -4.62. The first-order valence-corrected chi connectivity index (χ1v) is 5.57. The second kappa shape index (κ2) is 3.69. The highest BCUT2D eigenvalue weighted by Gasteiger charge is 2.35. The Morgan fingerprint density at radius 3 is 2.58 bits per heavy atom. The van der Waals surface area contributed by atoms with E-state index in [1.165, 1.54) is 6.07 Å². The third-order valence-corrected chi connectivity index (χ3v) is 2.95. The van der Waals surface area contributed by atoms with Crippen molar-refractivity contribution in [1.82, 2.24) is 14.6 Å². The highest BCUT2D eigenvalue weighted by molar-refractivity contribution is 5.86. The molecule has 100 valence electrons. The van der Waals surface area contributed by atoms with Crippen LogP contribution >= 0.6 is 0 Å². The number of halogens is 3. The molecule has 0 aliphatic heterocycles. The maximum Gasteiger partial charge on any atom is 0.435 e. The summed E-state index contributed by atoms with van der Waals surface area (Å²) in [5, 5.41) is 12.3. The molecule has 0 unspecified atom stereocenters. The van der Waals surface area contributed by atoms with Crippen LogP contribution in [-0.2, 0) is 6.18 Å². The third-order valence-electron chi connectivity index (χ3n) is 2.95. The van der Waals surface area contributed by atoms with E-state index in [4.69, 9.17) is 5.11 Å². The molecule has 0 amide bonds. The van der Waals surface area contributed by atoms with Crippen LogP contribution in [0.1, 0.15) is 40.6 Å². The fourth-order valence-corrected chi connectivity index (χ4v) is 1.87. The maximum atomic E-state index is 12.6. The van der Waals surface area contributed by atoms with Gasteiger partial charge in [-0.05, 0) is 18.9 Å². The molecule has 8 heteroatoms. The van der Waals surface area contributed by atoms with Crippen LogP contribution in [0.2, 0.25) is 0 Å². The van der Waals surface area contributed by atoms with Crippen LogP contribution in [-0.4, -0.2) is 25.7 Å². The van der Waals surface area contributed by atoms with Crippen molar-refractivity contribution in [2.45, 2.75) is 24.9 Å². The molecule has 0 bridgehead atoms. The van der Waals surface area contributed by atoms with Gasteiger partial charge in [-0.25, -0.2) is 14.3 Å². The molecule has 0 aromatic carbocycles. The summed E-state index contributed by atoms with van der Waals surface area (Å²) in [5.74, 6) is -1.18. The van der Waals surface area contributed by atoms with Crippen molar-refractivity contribution in [3.8, 4) is 0 Å². The fourth-order valence-electron chi connectivity index (χ4n) is 1.87. The second-order valence-electron chi connectivity index (χ2n) is 4.44. The van der Waals surface area contributed by atoms with Crippen molar-refractivity contribution in [2.75, 3.05) is 0 Å². The first kappa shape index (κ1) is 11.9. The Hall–Kier alpha value is -2.12. The van der Waals surface area contributed by atoms with Gasteiger partial charge < -0.3 is 5.11 Å². The van der Waals surface area contributed by atoms with E-state index in [1.807, 2.05) is 0 Å². The molecule has 0 atom stereocenters. The van der Waals surface area contributed by atoms with Gasteiger partial charge in [0, 0.05) is 17.7 Å². The Kier molecular flexibility index (Phi) is 2.32. The summed E-state index contributed by atoms with van der Waals surface area (Å²) in [6, 6.07) is 2.05. The lowest BCUT2D eigenvalue weighted by Crippen LogP contribution is -2.11. The molecule has 0 radical (unpaired) electrons. The number of aromatic carboxylic acids is 1. The SMILES string of the molecule is O=C(O)c1cc(C2CC2)nc2cc(C(F)(F)F)nn12. The number of hydrogen-bond acceptors (Lipinski definition) is 3. The van der Waals surface area contributed by atoms with Gasteiger partial charge in [0.1, 0.15) is 0 Å². The molecule has 1 aliphatic rings. The summed E-state index contributed by atoms with van der Waals surface area (Å²) < 4.78 is 38.5. The van der Waals surface area contributed by atoms with E-state index in [-0.39, 0.29) is 17.3 Å². The van der Waals surface area contributed by atoms with E-state index in [1.54, 1.807) is 0 Å². The van der Waals surface area contributed by atoms with Gasteiger partial charge >= 0.3 is 12.1 Å². The summed E-state index contributed by atoms with van der Waals surface area (Å²) in [6.45, 7) is 0. The normalized spacial score (nSPS) is 15.9. The Morgan fingerprint density at radius 1 is 1.37 bits per heavy atom. The zero-order chi connectivity index (χ0) is 13.8. The van der Waals surface area contributed by atoms with Gasteiger partial charge in [-0.2, -0.15) is 18.3 Å². The number of hydrogen-bond donors (Lipinski definition) is 1. The predicted molar refractivity (Wildman–Crippen MR) is 56.9 cm³/mol. The average molecular weight is 271 g/mol. The van der Waals surface area contributed by atoms with Gasteiger partial charge in [-0.15, -0.1) is 0 Å². The van der Waals surface area contributed by atoms with Gasteiger partial charge in [-0.1, -0.05) is 0 Å². The number of nitrogens with zero attached hydrogens (tertiary/aromatic N) is 3. The molecule has 2 aromatic heterocycles. The molecular weight excluding hydrogens is 263 g/mol. The zero-order valence-corrected chi connectivity index (χ0v) is 9.48. The Balaban J connectivity index is 2.24. The number of carboxylic acids is 1. The summed E-state index contributed by atoms with van der Waals surface area (Å²) in [4.78, 5) is 15.2. The van der Waals surface area contributed by atoms with E-state index in [0.29, 0.717) is 5.69 Å². The Labute approximate surface area is 104 Å². The lowest BCUT2D eigenvalue weighted by atomic mass is 10.2. The van der Waals surface area contributed by atoms with E-state index in [2.05, 4.69) is 10.1 Å². The molecule has 0 saturated heterocycles. The molecule has 2 heterocycles. The molecule has 2 aromatic rings. The van der Waals surface area contributed by atoms with Crippen LogP contribution in [0.3, 0.4) is 0 Å². The Morgan fingerprint density at radius 2 is 2.05 bits per heavy atom. The van der Waals surface area contributed by atoms with Gasteiger partial charge in [-0.3, -0.25) is 0 Å². The topological polar surface area (TPSA) is 67.5 Å². The number of carbonyl (C=O) groups is 1. The van der Waals surface area contributed by atoms with Crippen LogP contribution in [0.4, 0.5) is 13.2 Å². The van der Waals surface area contributed by atoms with Gasteiger partial charge in [0.2, 0.25) is 0 Å². The van der Waals surface area contributed by atoms with E-state index < -0.39 is 17.8 Å². The monoisotopic (exact) mass is 271 g/mol. The van der Waals surface area contributed by atoms with Gasteiger partial charge in [0.15, 0.2) is 17.0 Å². The van der Waals surface area contributed by atoms with Crippen LogP contribution in [0.5, 0.6) is 0 Å². The minimum Gasteiger partial charge on any atom is -0.477 e. The number of carboxylic acid groups (broad SMARTS) is 1. The fraction of sp³-hybridized carbons (Fsp3) is 0.364. The summed E-state index contributed by atoms with van der Waals surface area (Å²) in [5.41, 5.74) is -1.02. The maximum absolute atomic E-state index is 12.6. The van der Waals surface area contributed by atoms with Gasteiger partial charge in [0.25, 0.3) is 0 Å². The molecule has 5 nitrogen and oxygen atoms in total. The van der Waals surface area contributed by atoms with Crippen LogP contribution in [0.15, 0.2) is 12.1 Å². The van der Waals surface area contributed by atoms with Crippen molar-refractivity contribution in [2.24, 2.45) is 0 Å². The molecule has 1 saturated carbocycles. The summed E-state index contributed by atoms with van der Waals surface area (Å²) in [7, 11) is 0. The first-order chi connectivity index (χ1) is 8.86. The molecular formula is C11H8F3N3O2. The molecule has 3 rings (SSSR count). The van der Waals surface area contributed by atoms with Crippen molar-refractivity contribution >= 4 is 11.6 Å². The van der Waals surface area contributed by atoms with Crippen molar-refractivity contribution < 1.29 is 23.1 Å². The lowest BCUT2D eigenvalue weighted by molar-refractivity contribution is -0.141. The number of rotatable bonds is 2. The highest BCUT2D eigenvalue weighted by atomic mass is 19.4. The van der Waals surface area contributed by atoms with E-state index >= 15 is 0 Å². The zero-order valence-electron chi connectivity index (χ0n) is 9.48. The molecule has 0 spiro atoms. The highest BCUT2D eigenvalue weighted by Crippen LogP contribution is 2.39. The van der Waals surface area contributed by atoms with Crippen molar-refractivity contribution in [3.05, 3.63) is 29.2 Å². The second-order valence-corrected chi connectivity index (χ2v) is 4.44. The Bertz CT molecular complexity index is 674. The lowest BCUT2D eigenvalue weighted by Gasteiger charge is -2.03. The summed E-state index contributed by atoms with van der Waals surface area (Å²) in [6.07, 6.45) is -2.87. The molecule has 19 heavy (non-hydrogen) atoms. The van der Waals surface area contributed by atoms with Gasteiger partial charge in [0.05, 0.1) is 0 Å². The molecule has 1 fully saturated rings. The largest absolute Gasteiger partial charge is 0.477 e. The average Bonchev–Trinajstić information content (AvgIpc) is 3.05. The number of aromatic nitrogens is 3. The van der Waals surface area contributed by atoms with E-state index in [9.17, 15) is 18.0 Å². The smallest absolute Gasteiger partial charge is 0.435 e. The van der Waals surface area contributed by atoms with Crippen molar-refractivity contribution in [3.63, 3.8) is 0 Å². The quantitative estimate of drug-likeness (QED) is 0.910. The van der Waals surface area contributed by atoms with Crippen molar-refractivity contribution in [1.29, 1.82) is 0 Å². The predicted octanol–water partition coefficient (Wildman–Crippen LogP) is 2.32. The number of fused-ring (bicyclic) bond motifs is 1. The molecule has 1 N–H and O–H groups in total. The van der Waals surface area contributed by atoms with Crippen LogP contribution in [0.25, 0.3) is 5.65 Å². The van der Waals surface area contributed by atoms with E-state index in [0.717, 1.165) is 23.4 Å². The number of alkyl halides is 3. The standard InChI is InChI=1S/C11H8F3N3O2/c12-11(13,14)8-4-9-15-6(5-1-2-5)3-7(10(18)19)17(9)16-8/h3-5H,1-2H2,(H,18,19). The van der Waals surface area contributed by atoms with Crippen LogP contribution in [0, 0.1) is 0 Å². The minimum absolute atomic E-state index is 0.0888.